The Labute approximate surface area is 200 Å². The van der Waals surface area contributed by atoms with Crippen LogP contribution in [0.2, 0.25) is 0 Å². The van der Waals surface area contributed by atoms with Crippen LogP contribution in [0.1, 0.15) is 55.1 Å². The van der Waals surface area contributed by atoms with E-state index < -0.39 is 9.84 Å². The standard InChI is InChI=1S/C26H32N4O3S/c27-17-19-4-5-22-16-23(7-6-21(22)15-19)34(32,33)14-10-26(31)29-12-8-20(9-13-29)24-18-28-25-3-1-2-11-30(24)25/h4-7,15-16,18,20H,1-3,8-14,17,27H2. The summed E-state index contributed by atoms with van der Waals surface area (Å²) in [5.74, 6) is 1.36. The van der Waals surface area contributed by atoms with Gasteiger partial charge in [0.15, 0.2) is 9.84 Å². The maximum absolute atomic E-state index is 12.9. The molecule has 7 nitrogen and oxygen atoms in total. The Balaban J connectivity index is 1.18. The number of nitrogens with zero attached hydrogens (tertiary/aromatic N) is 3. The zero-order chi connectivity index (χ0) is 23.7. The van der Waals surface area contributed by atoms with E-state index in [1.807, 2.05) is 35.4 Å². The smallest absolute Gasteiger partial charge is 0.223 e. The summed E-state index contributed by atoms with van der Waals surface area (Å²) in [5.41, 5.74) is 8.00. The third-order valence-electron chi connectivity index (χ3n) is 7.32. The maximum Gasteiger partial charge on any atom is 0.223 e. The van der Waals surface area contributed by atoms with Crippen LogP contribution in [0, 0.1) is 0 Å². The van der Waals surface area contributed by atoms with Crippen molar-refractivity contribution in [2.24, 2.45) is 5.73 Å². The van der Waals surface area contributed by atoms with E-state index in [9.17, 15) is 13.2 Å². The van der Waals surface area contributed by atoms with E-state index in [2.05, 4.69) is 9.55 Å². The number of nitrogens with two attached hydrogens (primary N) is 1. The fraction of sp³-hybridized carbons (Fsp3) is 0.462. The second-order valence-corrected chi connectivity index (χ2v) is 11.6. The fourth-order valence-electron chi connectivity index (χ4n) is 5.28. The lowest BCUT2D eigenvalue weighted by atomic mass is 9.93. The van der Waals surface area contributed by atoms with E-state index in [1.165, 1.54) is 24.4 Å². The molecule has 3 aromatic rings. The lowest BCUT2D eigenvalue weighted by molar-refractivity contribution is -0.131. The number of hydrogen-bond acceptors (Lipinski definition) is 5. The molecule has 2 aliphatic heterocycles. The van der Waals surface area contributed by atoms with Crippen molar-refractivity contribution in [1.29, 1.82) is 0 Å². The molecular weight excluding hydrogens is 448 g/mol. The van der Waals surface area contributed by atoms with Gasteiger partial charge in [0.2, 0.25) is 5.91 Å². The second kappa shape index (κ2) is 9.50. The molecule has 1 saturated heterocycles. The molecule has 3 heterocycles. The van der Waals surface area contributed by atoms with Gasteiger partial charge in [0, 0.05) is 56.8 Å². The number of likely N-dealkylation sites (tertiary alicyclic amines) is 1. The Morgan fingerprint density at radius 1 is 1.03 bits per heavy atom. The number of carbonyl (C=O) groups is 1. The molecule has 2 aromatic carbocycles. The minimum absolute atomic E-state index is 0.0131. The van der Waals surface area contributed by atoms with Gasteiger partial charge in [-0.25, -0.2) is 13.4 Å². The van der Waals surface area contributed by atoms with E-state index >= 15 is 0 Å². The number of amides is 1. The van der Waals surface area contributed by atoms with Gasteiger partial charge in [-0.3, -0.25) is 4.79 Å². The number of imidazole rings is 1. The van der Waals surface area contributed by atoms with Gasteiger partial charge in [0.05, 0.1) is 10.6 Å². The first-order valence-corrected chi connectivity index (χ1v) is 13.9. The molecule has 180 valence electrons. The molecule has 8 heteroatoms. The van der Waals surface area contributed by atoms with Crippen molar-refractivity contribution in [3.05, 3.63) is 59.7 Å². The number of rotatable bonds is 6. The summed E-state index contributed by atoms with van der Waals surface area (Å²) in [6, 6.07) is 10.9. The average molecular weight is 481 g/mol. The predicted molar refractivity (Wildman–Crippen MR) is 132 cm³/mol. The Kier molecular flexibility index (Phi) is 6.44. The summed E-state index contributed by atoms with van der Waals surface area (Å²) >= 11 is 0. The van der Waals surface area contributed by atoms with Crippen molar-refractivity contribution >= 4 is 26.5 Å². The number of sulfone groups is 1. The number of benzene rings is 2. The average Bonchev–Trinajstić information content (AvgIpc) is 3.31. The van der Waals surface area contributed by atoms with Gasteiger partial charge in [-0.05, 0) is 60.2 Å². The molecule has 0 radical (unpaired) electrons. The monoisotopic (exact) mass is 480 g/mol. The normalized spacial score (nSPS) is 17.1. The lowest BCUT2D eigenvalue weighted by Crippen LogP contribution is -2.39. The molecule has 0 spiro atoms. The Bertz CT molecular complexity index is 1310. The van der Waals surface area contributed by atoms with E-state index in [-0.39, 0.29) is 23.0 Å². The van der Waals surface area contributed by atoms with E-state index in [0.29, 0.717) is 25.6 Å². The van der Waals surface area contributed by atoms with Crippen LogP contribution in [0.25, 0.3) is 10.8 Å². The van der Waals surface area contributed by atoms with Crippen LogP contribution in [0.15, 0.2) is 47.5 Å². The van der Waals surface area contributed by atoms with Crippen LogP contribution in [-0.4, -0.2) is 47.6 Å². The van der Waals surface area contributed by atoms with Crippen LogP contribution < -0.4 is 5.73 Å². The Hall–Kier alpha value is -2.71. The zero-order valence-electron chi connectivity index (χ0n) is 19.4. The quantitative estimate of drug-likeness (QED) is 0.583. The summed E-state index contributed by atoms with van der Waals surface area (Å²) in [7, 11) is -3.54. The molecule has 0 bridgehead atoms. The molecule has 0 atom stereocenters. The minimum atomic E-state index is -3.54. The number of hydrogen-bond donors (Lipinski definition) is 1. The minimum Gasteiger partial charge on any atom is -0.343 e. The van der Waals surface area contributed by atoms with Gasteiger partial charge in [-0.15, -0.1) is 0 Å². The third-order valence-corrected chi connectivity index (χ3v) is 9.04. The molecule has 0 saturated carbocycles. The number of carbonyl (C=O) groups excluding carboxylic acids is 1. The summed E-state index contributed by atoms with van der Waals surface area (Å²) in [6.07, 6.45) is 7.31. The number of aromatic nitrogens is 2. The topological polar surface area (TPSA) is 98.3 Å². The van der Waals surface area contributed by atoms with Gasteiger partial charge >= 0.3 is 0 Å². The highest BCUT2D eigenvalue weighted by molar-refractivity contribution is 7.91. The van der Waals surface area contributed by atoms with E-state index in [4.69, 9.17) is 5.73 Å². The zero-order valence-corrected chi connectivity index (χ0v) is 20.3. The predicted octanol–water partition coefficient (Wildman–Crippen LogP) is 3.40. The Morgan fingerprint density at radius 3 is 2.59 bits per heavy atom. The van der Waals surface area contributed by atoms with Gasteiger partial charge in [-0.1, -0.05) is 18.2 Å². The van der Waals surface area contributed by atoms with Crippen molar-refractivity contribution in [1.82, 2.24) is 14.5 Å². The first-order chi connectivity index (χ1) is 16.4. The number of fused-ring (bicyclic) bond motifs is 2. The van der Waals surface area contributed by atoms with Crippen LogP contribution in [0.3, 0.4) is 0 Å². The SMILES string of the molecule is NCc1ccc2cc(S(=O)(=O)CCC(=O)N3CCC(c4cnc5n4CCCC5)CC3)ccc2c1. The molecule has 0 aliphatic carbocycles. The molecular formula is C26H32N4O3S. The largest absolute Gasteiger partial charge is 0.343 e. The molecule has 0 unspecified atom stereocenters. The maximum atomic E-state index is 12.9. The van der Waals surface area contributed by atoms with Crippen molar-refractivity contribution in [3.8, 4) is 0 Å². The van der Waals surface area contributed by atoms with E-state index in [1.54, 1.807) is 12.1 Å². The van der Waals surface area contributed by atoms with Crippen LogP contribution in [0.5, 0.6) is 0 Å². The second-order valence-electron chi connectivity index (χ2n) is 9.48. The molecule has 1 aromatic heterocycles. The highest BCUT2D eigenvalue weighted by atomic mass is 32.2. The van der Waals surface area contributed by atoms with Gasteiger partial charge in [-0.2, -0.15) is 0 Å². The van der Waals surface area contributed by atoms with Gasteiger partial charge < -0.3 is 15.2 Å². The van der Waals surface area contributed by atoms with Gasteiger partial charge in [0.1, 0.15) is 5.82 Å². The first-order valence-electron chi connectivity index (χ1n) is 12.2. The van der Waals surface area contributed by atoms with E-state index in [0.717, 1.165) is 42.1 Å². The molecule has 2 aliphatic rings. The summed E-state index contributed by atoms with van der Waals surface area (Å²) in [5, 5.41) is 1.81. The molecule has 34 heavy (non-hydrogen) atoms. The Morgan fingerprint density at radius 2 is 1.79 bits per heavy atom. The first kappa shape index (κ1) is 23.1. The van der Waals surface area contributed by atoms with Crippen LogP contribution >= 0.6 is 0 Å². The number of aryl methyl sites for hydroxylation is 1. The van der Waals surface area contributed by atoms with Crippen molar-refractivity contribution in [2.75, 3.05) is 18.8 Å². The summed E-state index contributed by atoms with van der Waals surface area (Å²) < 4.78 is 28.2. The van der Waals surface area contributed by atoms with Crippen LogP contribution in [0.4, 0.5) is 0 Å². The van der Waals surface area contributed by atoms with Crippen molar-refractivity contribution in [3.63, 3.8) is 0 Å². The number of piperidine rings is 1. The summed E-state index contributed by atoms with van der Waals surface area (Å²) in [4.78, 5) is 19.5. The van der Waals surface area contributed by atoms with Crippen molar-refractivity contribution < 1.29 is 13.2 Å². The molecule has 5 rings (SSSR count). The third kappa shape index (κ3) is 4.61. The highest BCUT2D eigenvalue weighted by Gasteiger charge is 2.28. The van der Waals surface area contributed by atoms with Gasteiger partial charge in [0.25, 0.3) is 0 Å². The molecule has 2 N–H and O–H groups in total. The fourth-order valence-corrected chi connectivity index (χ4v) is 6.54. The highest BCUT2D eigenvalue weighted by Crippen LogP contribution is 2.31. The van der Waals surface area contributed by atoms with Crippen LogP contribution in [-0.2, 0) is 34.1 Å². The van der Waals surface area contributed by atoms with Crippen molar-refractivity contribution in [2.45, 2.75) is 62.4 Å². The lowest BCUT2D eigenvalue weighted by Gasteiger charge is -2.33. The molecule has 1 amide bonds. The summed E-state index contributed by atoms with van der Waals surface area (Å²) in [6.45, 7) is 2.83. The molecule has 1 fully saturated rings.